The Morgan fingerprint density at radius 1 is 0.947 bits per heavy atom. The minimum atomic E-state index is -1.25. The lowest BCUT2D eigenvalue weighted by Gasteiger charge is -2.28. The summed E-state index contributed by atoms with van der Waals surface area (Å²) in [4.78, 5) is 48.2. The highest BCUT2D eigenvalue weighted by molar-refractivity contribution is 6.21. The first-order valence-electron chi connectivity index (χ1n) is 12.5. The van der Waals surface area contributed by atoms with Crippen molar-refractivity contribution in [2.45, 2.75) is 26.9 Å². The van der Waals surface area contributed by atoms with Gasteiger partial charge in [0.1, 0.15) is 0 Å². The number of benzene rings is 3. The molecule has 1 aliphatic rings. The zero-order valence-electron chi connectivity index (χ0n) is 22.4. The first-order chi connectivity index (χ1) is 18.0. The highest BCUT2D eigenvalue weighted by Crippen LogP contribution is 2.29. The Balaban J connectivity index is 1.73. The molecule has 1 unspecified atom stereocenters. The van der Waals surface area contributed by atoms with Gasteiger partial charge >= 0.3 is 6.03 Å². The molecule has 0 fully saturated rings. The third-order valence-electron chi connectivity index (χ3n) is 6.28. The molecule has 38 heavy (non-hydrogen) atoms. The summed E-state index contributed by atoms with van der Waals surface area (Å²) < 4.78 is 0. The minimum Gasteiger partial charge on any atom is -0.378 e. The molecule has 0 aliphatic carbocycles. The van der Waals surface area contributed by atoms with Gasteiger partial charge in [0.25, 0.3) is 5.91 Å². The van der Waals surface area contributed by atoms with Crippen LogP contribution in [-0.2, 0) is 9.59 Å². The van der Waals surface area contributed by atoms with E-state index in [4.69, 9.17) is 4.99 Å². The topological polar surface area (TPSA) is 94.1 Å². The summed E-state index contributed by atoms with van der Waals surface area (Å²) in [6, 6.07) is 23.6. The minimum absolute atomic E-state index is 0.104. The van der Waals surface area contributed by atoms with Gasteiger partial charge in [-0.05, 0) is 24.3 Å². The fourth-order valence-electron chi connectivity index (χ4n) is 4.05. The van der Waals surface area contributed by atoms with Crippen molar-refractivity contribution in [2.24, 2.45) is 10.4 Å². The van der Waals surface area contributed by atoms with Crippen molar-refractivity contribution in [3.8, 4) is 0 Å². The van der Waals surface area contributed by atoms with E-state index in [0.717, 1.165) is 11.3 Å². The first kappa shape index (κ1) is 26.6. The van der Waals surface area contributed by atoms with Crippen molar-refractivity contribution < 1.29 is 14.4 Å². The number of urea groups is 1. The maximum Gasteiger partial charge on any atom is 0.321 e. The van der Waals surface area contributed by atoms with Gasteiger partial charge in [-0.2, -0.15) is 0 Å². The molecule has 4 rings (SSSR count). The molecule has 196 valence electrons. The zero-order valence-corrected chi connectivity index (χ0v) is 22.4. The van der Waals surface area contributed by atoms with Gasteiger partial charge in [-0.25, -0.2) is 9.79 Å². The third-order valence-corrected chi connectivity index (χ3v) is 6.28. The Hall–Kier alpha value is -4.46. The van der Waals surface area contributed by atoms with Crippen LogP contribution in [-0.4, -0.2) is 50.2 Å². The summed E-state index contributed by atoms with van der Waals surface area (Å²) >= 11 is 0. The van der Waals surface area contributed by atoms with Gasteiger partial charge < -0.3 is 20.4 Å². The van der Waals surface area contributed by atoms with Crippen molar-refractivity contribution in [1.82, 2.24) is 5.32 Å². The number of rotatable bonds is 6. The molecule has 3 amide bonds. The first-order valence-corrected chi connectivity index (χ1v) is 12.5. The molecule has 3 aromatic rings. The molecule has 3 aromatic carbocycles. The second-order valence-electron chi connectivity index (χ2n) is 10.4. The van der Waals surface area contributed by atoms with Gasteiger partial charge in [0.05, 0.1) is 17.9 Å². The monoisotopic (exact) mass is 511 g/mol. The predicted octanol–water partition coefficient (Wildman–Crippen LogP) is 4.70. The Labute approximate surface area is 223 Å². The predicted molar refractivity (Wildman–Crippen MR) is 152 cm³/mol. The number of hydrogen-bond acceptors (Lipinski definition) is 5. The van der Waals surface area contributed by atoms with E-state index in [1.807, 2.05) is 106 Å². The van der Waals surface area contributed by atoms with Gasteiger partial charge in [-0.3, -0.25) is 9.59 Å². The van der Waals surface area contributed by atoms with Crippen molar-refractivity contribution >= 4 is 40.5 Å². The molecule has 0 aromatic heterocycles. The number of amides is 3. The van der Waals surface area contributed by atoms with Crippen LogP contribution in [0, 0.1) is 5.41 Å². The number of hydrogen-bond donors (Lipinski definition) is 2. The molecule has 1 aliphatic heterocycles. The van der Waals surface area contributed by atoms with Gasteiger partial charge in [-0.1, -0.05) is 75.4 Å². The number of ketones is 1. The maximum absolute atomic E-state index is 13.9. The van der Waals surface area contributed by atoms with E-state index in [0.29, 0.717) is 22.6 Å². The highest BCUT2D eigenvalue weighted by atomic mass is 16.2. The molecule has 0 radical (unpaired) electrons. The van der Waals surface area contributed by atoms with Crippen molar-refractivity contribution in [2.75, 3.05) is 35.8 Å². The number of carbonyl (C=O) groups is 3. The second kappa shape index (κ2) is 10.9. The normalized spacial score (nSPS) is 15.2. The summed E-state index contributed by atoms with van der Waals surface area (Å²) in [5, 5.41) is 5.53. The smallest absolute Gasteiger partial charge is 0.321 e. The van der Waals surface area contributed by atoms with E-state index in [-0.39, 0.29) is 12.3 Å². The highest BCUT2D eigenvalue weighted by Gasteiger charge is 2.35. The van der Waals surface area contributed by atoms with E-state index in [1.165, 1.54) is 4.90 Å². The van der Waals surface area contributed by atoms with Crippen LogP contribution in [0.4, 0.5) is 21.9 Å². The average molecular weight is 512 g/mol. The Morgan fingerprint density at radius 2 is 1.63 bits per heavy atom. The quantitative estimate of drug-likeness (QED) is 0.502. The van der Waals surface area contributed by atoms with E-state index in [1.54, 1.807) is 12.1 Å². The number of carbonyl (C=O) groups excluding carboxylic acids is 3. The number of aliphatic imine (C=N–C) groups is 1. The Bertz CT molecular complexity index is 1380. The fraction of sp³-hybridized carbons (Fsp3) is 0.267. The average Bonchev–Trinajstić information content (AvgIpc) is 2.99. The van der Waals surface area contributed by atoms with Crippen LogP contribution in [0.5, 0.6) is 0 Å². The van der Waals surface area contributed by atoms with Crippen LogP contribution < -0.4 is 20.4 Å². The zero-order chi connectivity index (χ0) is 27.4. The van der Waals surface area contributed by atoms with E-state index in [2.05, 4.69) is 10.6 Å². The molecule has 0 saturated heterocycles. The lowest BCUT2D eigenvalue weighted by atomic mass is 9.90. The second-order valence-corrected chi connectivity index (χ2v) is 10.4. The molecular formula is C30H33N5O3. The molecular weight excluding hydrogens is 478 g/mol. The van der Waals surface area contributed by atoms with Gasteiger partial charge in [0, 0.05) is 42.0 Å². The van der Waals surface area contributed by atoms with Crippen LogP contribution in [0.15, 0.2) is 83.9 Å². The van der Waals surface area contributed by atoms with Crippen molar-refractivity contribution in [1.29, 1.82) is 0 Å². The molecule has 0 saturated carbocycles. The molecule has 0 bridgehead atoms. The van der Waals surface area contributed by atoms with E-state index < -0.39 is 23.5 Å². The SMILES string of the molecule is CN(C)c1cccc(NC(=O)NC2N=C(c3ccccc3)c3ccccc3N(CC(=O)C(C)(C)C)C2=O)c1. The van der Waals surface area contributed by atoms with Crippen molar-refractivity contribution in [3.05, 3.63) is 90.0 Å². The van der Waals surface area contributed by atoms with Gasteiger partial charge in [-0.15, -0.1) is 0 Å². The Morgan fingerprint density at radius 3 is 2.32 bits per heavy atom. The number of fused-ring (bicyclic) bond motifs is 1. The fourth-order valence-corrected chi connectivity index (χ4v) is 4.05. The van der Waals surface area contributed by atoms with E-state index >= 15 is 0 Å². The van der Waals surface area contributed by atoms with E-state index in [9.17, 15) is 14.4 Å². The van der Waals surface area contributed by atoms with Crippen LogP contribution >= 0.6 is 0 Å². The van der Waals surface area contributed by atoms with Crippen LogP contribution in [0.1, 0.15) is 31.9 Å². The summed E-state index contributed by atoms with van der Waals surface area (Å²) in [7, 11) is 3.82. The van der Waals surface area contributed by atoms with Crippen LogP contribution in [0.25, 0.3) is 0 Å². The standard InChI is InChI=1S/C30H33N5O3/c1-30(2,3)25(36)19-35-24-17-10-9-16-23(24)26(20-12-7-6-8-13-20)32-27(28(35)37)33-29(38)31-21-14-11-15-22(18-21)34(4)5/h6-18,27H,19H2,1-5H3,(H2,31,33,38). The lowest BCUT2D eigenvalue weighted by Crippen LogP contribution is -2.50. The molecule has 2 N–H and O–H groups in total. The number of nitrogens with one attached hydrogen (secondary N) is 2. The molecule has 8 heteroatoms. The molecule has 1 atom stereocenters. The number of benzodiazepines with no additional fused rings is 1. The maximum atomic E-state index is 13.9. The number of anilines is 3. The Kier molecular flexibility index (Phi) is 7.62. The summed E-state index contributed by atoms with van der Waals surface area (Å²) in [6.07, 6.45) is -1.25. The van der Waals surface area contributed by atoms with Crippen molar-refractivity contribution in [3.63, 3.8) is 0 Å². The molecule has 1 heterocycles. The number of para-hydroxylation sites is 1. The summed E-state index contributed by atoms with van der Waals surface area (Å²) in [6.45, 7) is 5.32. The lowest BCUT2D eigenvalue weighted by molar-refractivity contribution is -0.127. The molecule has 8 nitrogen and oxygen atoms in total. The van der Waals surface area contributed by atoms with Crippen LogP contribution in [0.3, 0.4) is 0 Å². The number of nitrogens with zero attached hydrogens (tertiary/aromatic N) is 3. The number of Topliss-reactive ketones (excluding diaryl/α,β-unsaturated/α-hetero) is 1. The molecule has 0 spiro atoms. The van der Waals surface area contributed by atoms with Gasteiger partial charge in [0.15, 0.2) is 5.78 Å². The van der Waals surface area contributed by atoms with Crippen LogP contribution in [0.2, 0.25) is 0 Å². The summed E-state index contributed by atoms with van der Waals surface area (Å²) in [5.41, 5.74) is 3.47. The third kappa shape index (κ3) is 5.91. The largest absolute Gasteiger partial charge is 0.378 e. The summed E-state index contributed by atoms with van der Waals surface area (Å²) in [5.74, 6) is -0.592. The van der Waals surface area contributed by atoms with Gasteiger partial charge in [0.2, 0.25) is 6.17 Å².